The van der Waals surface area contributed by atoms with Crippen LogP contribution < -0.4 is 0 Å². The lowest BCUT2D eigenvalue weighted by Gasteiger charge is -2.40. The molecule has 0 saturated carbocycles. The topological polar surface area (TPSA) is 27.7 Å². The van der Waals surface area contributed by atoms with Crippen LogP contribution in [0, 0.1) is 0 Å². The standard InChI is InChI=1S/C20H46N2O3Si2/c1-21(11-15-23-16-12-21)9-7-19-26(3,4)25-27(5,6)20-8-10-22(2)13-17-24-18-14-22/h7-20H2,1-6H3/q+2. The van der Waals surface area contributed by atoms with Crippen molar-refractivity contribution in [3.8, 4) is 0 Å². The molecule has 2 rings (SSSR count). The van der Waals surface area contributed by atoms with Crippen LogP contribution in [0.2, 0.25) is 38.3 Å². The molecule has 2 heterocycles. The summed E-state index contributed by atoms with van der Waals surface area (Å²) in [6, 6.07) is 2.59. The van der Waals surface area contributed by atoms with Crippen LogP contribution in [0.25, 0.3) is 0 Å². The number of hydrogen-bond donors (Lipinski definition) is 0. The Hall–Kier alpha value is 0.234. The fraction of sp³-hybridized carbons (Fsp3) is 1.00. The highest BCUT2D eigenvalue weighted by atomic mass is 28.4. The molecule has 0 amide bonds. The Bertz CT molecular complexity index is 409. The average molecular weight is 419 g/mol. The molecule has 2 saturated heterocycles. The number of hydrogen-bond acceptors (Lipinski definition) is 3. The van der Waals surface area contributed by atoms with Gasteiger partial charge in [0.25, 0.3) is 0 Å². The Labute approximate surface area is 170 Å². The molecule has 5 nitrogen and oxygen atoms in total. The van der Waals surface area contributed by atoms with Crippen LogP contribution in [0.5, 0.6) is 0 Å². The quantitative estimate of drug-likeness (QED) is 0.403. The van der Waals surface area contributed by atoms with Gasteiger partial charge in [-0.1, -0.05) is 0 Å². The average Bonchev–Trinajstić information content (AvgIpc) is 2.54. The van der Waals surface area contributed by atoms with Gasteiger partial charge in [0.2, 0.25) is 0 Å². The maximum Gasteiger partial charge on any atom is 0.173 e. The van der Waals surface area contributed by atoms with Crippen molar-refractivity contribution in [2.45, 2.75) is 51.1 Å². The Morgan fingerprint density at radius 1 is 0.667 bits per heavy atom. The molecule has 0 aromatic rings. The Morgan fingerprint density at radius 3 is 1.33 bits per heavy atom. The van der Waals surface area contributed by atoms with Crippen LogP contribution >= 0.6 is 0 Å². The van der Waals surface area contributed by atoms with Gasteiger partial charge in [0.1, 0.15) is 26.2 Å². The number of quaternary nitrogens is 2. The molecule has 0 bridgehead atoms. The highest BCUT2D eigenvalue weighted by molar-refractivity contribution is 6.84. The van der Waals surface area contributed by atoms with E-state index in [0.29, 0.717) is 0 Å². The molecule has 0 radical (unpaired) electrons. The molecule has 160 valence electrons. The zero-order valence-corrected chi connectivity index (χ0v) is 21.0. The first-order valence-electron chi connectivity index (χ1n) is 11.1. The van der Waals surface area contributed by atoms with Crippen LogP contribution in [-0.2, 0) is 13.6 Å². The highest BCUT2D eigenvalue weighted by Gasteiger charge is 2.35. The summed E-state index contributed by atoms with van der Waals surface area (Å²) in [7, 11) is 1.65. The van der Waals surface area contributed by atoms with E-state index in [1.807, 2.05) is 0 Å². The lowest BCUT2D eigenvalue weighted by molar-refractivity contribution is -0.916. The third-order valence-electron chi connectivity index (χ3n) is 6.61. The molecule has 0 aromatic heterocycles. The second-order valence-corrected chi connectivity index (χ2v) is 19.5. The van der Waals surface area contributed by atoms with E-state index in [4.69, 9.17) is 13.6 Å². The summed E-state index contributed by atoms with van der Waals surface area (Å²) >= 11 is 0. The third-order valence-corrected chi connectivity index (χ3v) is 14.1. The first kappa shape index (κ1) is 23.5. The molecule has 2 aliphatic heterocycles. The van der Waals surface area contributed by atoms with Gasteiger partial charge in [-0.25, -0.2) is 0 Å². The number of ether oxygens (including phenoxy) is 2. The predicted molar refractivity (Wildman–Crippen MR) is 118 cm³/mol. The van der Waals surface area contributed by atoms with E-state index in [-0.39, 0.29) is 0 Å². The second-order valence-electron chi connectivity index (χ2n) is 10.6. The number of likely N-dealkylation sites (N-methyl/N-ethyl adjacent to an activating group) is 2. The van der Waals surface area contributed by atoms with Gasteiger partial charge >= 0.3 is 0 Å². The first-order chi connectivity index (χ1) is 12.5. The molecule has 0 atom stereocenters. The molecule has 0 spiro atoms. The molecule has 0 N–H and O–H groups in total. The molecule has 27 heavy (non-hydrogen) atoms. The van der Waals surface area contributed by atoms with Gasteiger partial charge in [-0.2, -0.15) is 0 Å². The first-order valence-corrected chi connectivity index (χ1v) is 17.3. The van der Waals surface area contributed by atoms with E-state index < -0.39 is 16.6 Å². The van der Waals surface area contributed by atoms with Gasteiger partial charge in [-0.05, 0) is 51.1 Å². The smallest absolute Gasteiger partial charge is 0.173 e. The fourth-order valence-corrected chi connectivity index (χ4v) is 13.5. The normalized spacial score (nSPS) is 23.3. The predicted octanol–water partition coefficient (Wildman–Crippen LogP) is 3.15. The molecular weight excluding hydrogens is 372 g/mol. The number of rotatable bonds is 10. The van der Waals surface area contributed by atoms with Crippen molar-refractivity contribution in [1.29, 1.82) is 0 Å². The fourth-order valence-electron chi connectivity index (χ4n) is 4.64. The second kappa shape index (κ2) is 9.82. The van der Waals surface area contributed by atoms with E-state index in [1.54, 1.807) is 0 Å². The van der Waals surface area contributed by atoms with E-state index >= 15 is 0 Å². The van der Waals surface area contributed by atoms with Gasteiger partial charge in [-0.15, -0.1) is 0 Å². The minimum Gasteiger partial charge on any atom is -0.455 e. The summed E-state index contributed by atoms with van der Waals surface area (Å²) in [4.78, 5) is 0. The van der Waals surface area contributed by atoms with Crippen molar-refractivity contribution >= 4 is 16.6 Å². The largest absolute Gasteiger partial charge is 0.455 e. The molecule has 2 fully saturated rings. The van der Waals surface area contributed by atoms with Crippen molar-refractivity contribution in [3.63, 3.8) is 0 Å². The monoisotopic (exact) mass is 418 g/mol. The van der Waals surface area contributed by atoms with Crippen molar-refractivity contribution in [1.82, 2.24) is 0 Å². The maximum atomic E-state index is 6.88. The lowest BCUT2D eigenvalue weighted by atomic mass is 10.3. The van der Waals surface area contributed by atoms with Crippen molar-refractivity contribution < 1.29 is 22.6 Å². The van der Waals surface area contributed by atoms with E-state index in [0.717, 1.165) is 26.4 Å². The van der Waals surface area contributed by atoms with Crippen LogP contribution in [0.3, 0.4) is 0 Å². The summed E-state index contributed by atoms with van der Waals surface area (Å²) in [6.45, 7) is 20.7. The Balaban J connectivity index is 1.70. The van der Waals surface area contributed by atoms with Crippen molar-refractivity contribution in [2.75, 3.05) is 79.8 Å². The van der Waals surface area contributed by atoms with Crippen LogP contribution in [0.4, 0.5) is 0 Å². The Morgan fingerprint density at radius 2 is 1.00 bits per heavy atom. The molecule has 0 unspecified atom stereocenters. The van der Waals surface area contributed by atoms with E-state index in [2.05, 4.69) is 40.3 Å². The summed E-state index contributed by atoms with van der Waals surface area (Å²) in [5, 5.41) is 0. The number of nitrogens with zero attached hydrogens (tertiary/aromatic N) is 2. The molecular formula is C20H46N2O3Si2+2. The summed E-state index contributed by atoms with van der Waals surface area (Å²) in [6.07, 6.45) is 2.60. The molecule has 7 heteroatoms. The van der Waals surface area contributed by atoms with Gasteiger partial charge in [0.15, 0.2) is 16.6 Å². The van der Waals surface area contributed by atoms with Crippen LogP contribution in [0.15, 0.2) is 0 Å². The SMILES string of the molecule is C[N+]1(CCC[Si](C)(C)O[Si](C)(C)CCC[N+]2(C)CCOCC2)CCOCC1. The zero-order chi connectivity index (χ0) is 20.0. The van der Waals surface area contributed by atoms with Gasteiger partial charge in [-0.3, -0.25) is 0 Å². The summed E-state index contributed by atoms with van der Waals surface area (Å²) < 4.78 is 20.3. The minimum atomic E-state index is -1.57. The van der Waals surface area contributed by atoms with Crippen molar-refractivity contribution in [3.05, 3.63) is 0 Å². The van der Waals surface area contributed by atoms with Crippen LogP contribution in [0.1, 0.15) is 12.8 Å². The van der Waals surface area contributed by atoms with E-state index in [9.17, 15) is 0 Å². The van der Waals surface area contributed by atoms with Crippen LogP contribution in [-0.4, -0.2) is 105 Å². The van der Waals surface area contributed by atoms with E-state index in [1.165, 1.54) is 73.2 Å². The summed E-state index contributed by atoms with van der Waals surface area (Å²) in [5.74, 6) is 0. The maximum absolute atomic E-state index is 6.88. The summed E-state index contributed by atoms with van der Waals surface area (Å²) in [5.41, 5.74) is 0. The lowest BCUT2D eigenvalue weighted by Crippen LogP contribution is -2.53. The third kappa shape index (κ3) is 8.64. The number of morpholine rings is 2. The van der Waals surface area contributed by atoms with Gasteiger partial charge in [0, 0.05) is 0 Å². The molecule has 0 aromatic carbocycles. The van der Waals surface area contributed by atoms with Crippen molar-refractivity contribution in [2.24, 2.45) is 0 Å². The van der Waals surface area contributed by atoms with Gasteiger partial charge < -0.3 is 22.6 Å². The zero-order valence-electron chi connectivity index (χ0n) is 19.0. The molecule has 2 aliphatic rings. The minimum absolute atomic E-state index is 0.928. The highest BCUT2D eigenvalue weighted by Crippen LogP contribution is 2.25. The molecule has 0 aliphatic carbocycles. The van der Waals surface area contributed by atoms with Gasteiger partial charge in [0.05, 0.1) is 53.6 Å². The Kier molecular flexibility index (Phi) is 8.56.